The number of ether oxygens (including phenoxy) is 1. The van der Waals surface area contributed by atoms with Crippen molar-refractivity contribution in [1.29, 1.82) is 0 Å². The highest BCUT2D eigenvalue weighted by molar-refractivity contribution is 7.99. The highest BCUT2D eigenvalue weighted by Gasteiger charge is 2.22. The maximum Gasteiger partial charge on any atom is 0.271 e. The van der Waals surface area contributed by atoms with Crippen molar-refractivity contribution in [2.75, 3.05) is 11.1 Å². The van der Waals surface area contributed by atoms with Crippen LogP contribution in [0.1, 0.15) is 18.9 Å². The van der Waals surface area contributed by atoms with E-state index in [2.05, 4.69) is 15.5 Å². The predicted octanol–water partition coefficient (Wildman–Crippen LogP) is 5.19. The molecule has 11 heteroatoms. The van der Waals surface area contributed by atoms with E-state index in [1.54, 1.807) is 17.6 Å². The minimum Gasteiger partial charge on any atom is -0.483 e. The summed E-state index contributed by atoms with van der Waals surface area (Å²) in [5.74, 6) is 0.268. The molecule has 4 aromatic rings. The van der Waals surface area contributed by atoms with Crippen LogP contribution in [0.25, 0.3) is 5.69 Å². The van der Waals surface area contributed by atoms with Crippen LogP contribution < -0.4 is 10.1 Å². The van der Waals surface area contributed by atoms with Gasteiger partial charge in [0.05, 0.1) is 10.7 Å². The van der Waals surface area contributed by atoms with Crippen molar-refractivity contribution in [3.63, 3.8) is 0 Å². The molecule has 0 fully saturated rings. The lowest BCUT2D eigenvalue weighted by atomic mass is 10.3. The number of nitro benzene ring substituents is 1. The summed E-state index contributed by atoms with van der Waals surface area (Å²) in [7, 11) is 0. The molecule has 1 unspecified atom stereocenters. The van der Waals surface area contributed by atoms with Crippen molar-refractivity contribution in [3.05, 3.63) is 101 Å². The lowest BCUT2D eigenvalue weighted by Crippen LogP contribution is -2.15. The second kappa shape index (κ2) is 10.8. The van der Waals surface area contributed by atoms with Crippen LogP contribution in [-0.4, -0.2) is 31.3 Å². The normalized spacial score (nSPS) is 11.6. The molecule has 35 heavy (non-hydrogen) atoms. The summed E-state index contributed by atoms with van der Waals surface area (Å²) in [6.45, 7) is 1.80. The number of rotatable bonds is 9. The Bertz CT molecular complexity index is 1330. The molecule has 0 bridgehead atoms. The number of hydrogen-bond acceptors (Lipinski definition) is 7. The third-order valence-electron chi connectivity index (χ3n) is 4.84. The van der Waals surface area contributed by atoms with E-state index in [1.807, 2.05) is 30.3 Å². The first-order valence-corrected chi connectivity index (χ1v) is 11.5. The molecule has 4 rings (SSSR count). The fraction of sp³-hybridized carbons (Fsp3) is 0.125. The van der Waals surface area contributed by atoms with Gasteiger partial charge in [-0.15, -0.1) is 10.2 Å². The molecule has 0 spiro atoms. The summed E-state index contributed by atoms with van der Waals surface area (Å²) in [6.07, 6.45) is -0.527. The smallest absolute Gasteiger partial charge is 0.271 e. The van der Waals surface area contributed by atoms with Gasteiger partial charge in [0.25, 0.3) is 5.69 Å². The molecule has 0 saturated heterocycles. The Morgan fingerprint density at radius 2 is 1.86 bits per heavy atom. The average molecular weight is 494 g/mol. The predicted molar refractivity (Wildman–Crippen MR) is 129 cm³/mol. The molecule has 178 valence electrons. The number of non-ortho nitro benzene ring substituents is 1. The van der Waals surface area contributed by atoms with Crippen molar-refractivity contribution in [3.8, 4) is 11.4 Å². The molecule has 0 aliphatic heterocycles. The van der Waals surface area contributed by atoms with Crippen LogP contribution >= 0.6 is 11.8 Å². The number of amides is 1. The third-order valence-corrected chi connectivity index (χ3v) is 5.76. The van der Waals surface area contributed by atoms with Gasteiger partial charge in [0.2, 0.25) is 5.91 Å². The van der Waals surface area contributed by atoms with Crippen LogP contribution in [0.3, 0.4) is 0 Å². The molecule has 1 aromatic heterocycles. The first kappa shape index (κ1) is 23.9. The van der Waals surface area contributed by atoms with E-state index in [4.69, 9.17) is 4.74 Å². The summed E-state index contributed by atoms with van der Waals surface area (Å²) in [5.41, 5.74) is 0.999. The molecule has 0 saturated carbocycles. The van der Waals surface area contributed by atoms with E-state index < -0.39 is 11.0 Å². The standard InChI is InChI=1S/C24H20FN5O4S/c1-16(34-21-12-10-17(25)11-13-21)23-27-28-24(29(23)19-7-3-2-4-8-19)35-15-22(31)26-18-6-5-9-20(14-18)30(32)33/h2-14,16H,15H2,1H3,(H,26,31). The van der Waals surface area contributed by atoms with Gasteiger partial charge in [-0.1, -0.05) is 36.0 Å². The fourth-order valence-corrected chi connectivity index (χ4v) is 4.01. The van der Waals surface area contributed by atoms with Crippen molar-refractivity contribution >= 4 is 29.0 Å². The van der Waals surface area contributed by atoms with Gasteiger partial charge in [-0.2, -0.15) is 0 Å². The van der Waals surface area contributed by atoms with Crippen LogP contribution in [0.2, 0.25) is 0 Å². The first-order chi connectivity index (χ1) is 16.9. The first-order valence-electron chi connectivity index (χ1n) is 10.5. The maximum atomic E-state index is 13.2. The van der Waals surface area contributed by atoms with Crippen LogP contribution in [-0.2, 0) is 4.79 Å². The van der Waals surface area contributed by atoms with Crippen LogP contribution in [0.4, 0.5) is 15.8 Å². The Morgan fingerprint density at radius 3 is 2.57 bits per heavy atom. The van der Waals surface area contributed by atoms with Gasteiger partial charge in [0.15, 0.2) is 17.1 Å². The van der Waals surface area contributed by atoms with Gasteiger partial charge < -0.3 is 10.1 Å². The lowest BCUT2D eigenvalue weighted by molar-refractivity contribution is -0.384. The zero-order chi connectivity index (χ0) is 24.8. The van der Waals surface area contributed by atoms with E-state index in [9.17, 15) is 19.3 Å². The highest BCUT2D eigenvalue weighted by Crippen LogP contribution is 2.28. The van der Waals surface area contributed by atoms with Crippen molar-refractivity contribution < 1.29 is 18.8 Å². The van der Waals surface area contributed by atoms with Gasteiger partial charge in [0.1, 0.15) is 11.6 Å². The molecule has 0 aliphatic carbocycles. The number of nitro groups is 1. The van der Waals surface area contributed by atoms with Crippen molar-refractivity contribution in [2.24, 2.45) is 0 Å². The molecule has 0 radical (unpaired) electrons. The molecule has 0 aliphatic rings. The Hall–Kier alpha value is -4.25. The fourth-order valence-electron chi connectivity index (χ4n) is 3.25. The molecule has 1 atom stereocenters. The quantitative estimate of drug-likeness (QED) is 0.194. The topological polar surface area (TPSA) is 112 Å². The maximum absolute atomic E-state index is 13.2. The number of carbonyl (C=O) groups is 1. The average Bonchev–Trinajstić information content (AvgIpc) is 3.29. The number of benzene rings is 3. The minimum atomic E-state index is -0.527. The van der Waals surface area contributed by atoms with E-state index in [1.165, 1.54) is 42.5 Å². The number of thioether (sulfide) groups is 1. The van der Waals surface area contributed by atoms with Gasteiger partial charge in [-0.3, -0.25) is 19.5 Å². The summed E-state index contributed by atoms with van der Waals surface area (Å²) in [5, 5.41) is 22.6. The Kier molecular flexibility index (Phi) is 7.36. The number of carbonyl (C=O) groups excluding carboxylic acids is 1. The van der Waals surface area contributed by atoms with E-state index in [-0.39, 0.29) is 23.2 Å². The summed E-state index contributed by atoms with van der Waals surface area (Å²) >= 11 is 1.16. The van der Waals surface area contributed by atoms with Gasteiger partial charge in [-0.25, -0.2) is 4.39 Å². The van der Waals surface area contributed by atoms with Crippen molar-refractivity contribution in [1.82, 2.24) is 14.8 Å². The van der Waals surface area contributed by atoms with Crippen LogP contribution in [0.5, 0.6) is 5.75 Å². The van der Waals surface area contributed by atoms with E-state index in [0.29, 0.717) is 22.4 Å². The Labute approximate surface area is 204 Å². The van der Waals surface area contributed by atoms with Crippen LogP contribution in [0, 0.1) is 15.9 Å². The summed E-state index contributed by atoms with van der Waals surface area (Å²) in [4.78, 5) is 22.9. The molecule has 9 nitrogen and oxygen atoms in total. The zero-order valence-corrected chi connectivity index (χ0v) is 19.3. The summed E-state index contributed by atoms with van der Waals surface area (Å²) in [6, 6.07) is 20.8. The lowest BCUT2D eigenvalue weighted by Gasteiger charge is -2.16. The Balaban J connectivity index is 1.52. The molecular weight excluding hydrogens is 473 g/mol. The molecular formula is C24H20FN5O4S. The molecule has 1 amide bonds. The van der Waals surface area contributed by atoms with Crippen molar-refractivity contribution in [2.45, 2.75) is 18.2 Å². The van der Waals surface area contributed by atoms with Gasteiger partial charge >= 0.3 is 0 Å². The second-order valence-corrected chi connectivity index (χ2v) is 8.31. The number of hydrogen-bond donors (Lipinski definition) is 1. The van der Waals surface area contributed by atoms with Crippen LogP contribution in [0.15, 0.2) is 84.0 Å². The number of nitrogens with zero attached hydrogens (tertiary/aromatic N) is 4. The zero-order valence-electron chi connectivity index (χ0n) is 18.5. The minimum absolute atomic E-state index is 0.000852. The van der Waals surface area contributed by atoms with E-state index in [0.717, 1.165) is 17.4 Å². The number of nitrogens with one attached hydrogen (secondary N) is 1. The largest absolute Gasteiger partial charge is 0.483 e. The highest BCUT2D eigenvalue weighted by atomic mass is 32.2. The molecule has 3 aromatic carbocycles. The monoisotopic (exact) mass is 493 g/mol. The summed E-state index contributed by atoms with van der Waals surface area (Å²) < 4.78 is 21.0. The SMILES string of the molecule is CC(Oc1ccc(F)cc1)c1nnc(SCC(=O)Nc2cccc([N+](=O)[O-])c2)n1-c1ccccc1. The number of anilines is 1. The molecule has 1 N–H and O–H groups in total. The second-order valence-electron chi connectivity index (χ2n) is 7.37. The number of halogens is 1. The van der Waals surface area contributed by atoms with Gasteiger partial charge in [-0.05, 0) is 49.4 Å². The molecule has 1 heterocycles. The van der Waals surface area contributed by atoms with E-state index >= 15 is 0 Å². The van der Waals surface area contributed by atoms with Gasteiger partial charge in [0, 0.05) is 23.5 Å². The Morgan fingerprint density at radius 1 is 1.11 bits per heavy atom. The number of para-hydroxylation sites is 1. The third kappa shape index (κ3) is 6.01. The number of aromatic nitrogens is 3.